The lowest BCUT2D eigenvalue weighted by atomic mass is 10.1. The predicted octanol–water partition coefficient (Wildman–Crippen LogP) is 0.407. The van der Waals surface area contributed by atoms with Crippen LogP contribution in [0.15, 0.2) is 11.6 Å². The maximum Gasteiger partial charge on any atom is 0.230 e. The van der Waals surface area contributed by atoms with Gasteiger partial charge in [0.05, 0.1) is 6.42 Å². The van der Waals surface area contributed by atoms with Crippen LogP contribution in [0.5, 0.6) is 0 Å². The molecule has 0 fully saturated rings. The van der Waals surface area contributed by atoms with Crippen LogP contribution < -0.4 is 11.1 Å². The molecule has 1 unspecified atom stereocenters. The normalized spacial score (nSPS) is 12.1. The highest BCUT2D eigenvalue weighted by atomic mass is 32.1. The molecule has 6 heteroatoms. The second-order valence-electron chi connectivity index (χ2n) is 2.68. The number of hydrogen-bond donors (Lipinski definition) is 2. The minimum absolute atomic E-state index is 0.369. The van der Waals surface area contributed by atoms with Gasteiger partial charge in [-0.25, -0.2) is 4.98 Å². The van der Waals surface area contributed by atoms with Gasteiger partial charge in [0.1, 0.15) is 0 Å². The lowest BCUT2D eigenvalue weighted by Gasteiger charge is -2.05. The van der Waals surface area contributed by atoms with E-state index in [9.17, 15) is 9.59 Å². The number of thiazole rings is 1. The molecule has 1 heterocycles. The van der Waals surface area contributed by atoms with Crippen molar-refractivity contribution >= 4 is 28.3 Å². The molecule has 1 atom stereocenters. The van der Waals surface area contributed by atoms with Gasteiger partial charge >= 0.3 is 0 Å². The first-order valence-corrected chi connectivity index (χ1v) is 4.82. The number of nitrogens with two attached hydrogens (primary N) is 1. The molecule has 0 saturated heterocycles. The zero-order valence-corrected chi connectivity index (χ0v) is 8.38. The van der Waals surface area contributed by atoms with E-state index in [0.29, 0.717) is 5.13 Å². The van der Waals surface area contributed by atoms with Crippen LogP contribution in [-0.2, 0) is 9.59 Å². The summed E-state index contributed by atoms with van der Waals surface area (Å²) in [6.07, 6.45) is 2.81. The van der Waals surface area contributed by atoms with Crippen LogP contribution >= 0.6 is 11.3 Å². The number of hydrogen-bond acceptors (Lipinski definition) is 4. The van der Waals surface area contributed by atoms with Crippen molar-refractivity contribution in [2.24, 2.45) is 11.7 Å². The van der Waals surface area contributed by atoms with Crippen molar-refractivity contribution < 1.29 is 9.59 Å². The first kappa shape index (κ1) is 10.6. The monoisotopic (exact) mass is 212 g/mol. The van der Waals surface area contributed by atoms with Gasteiger partial charge in [-0.1, -0.05) is 6.92 Å². The Morgan fingerprint density at radius 3 is 2.93 bits per heavy atom. The number of carbonyl (C=O) groups excluding carboxylic acids is 2. The Hall–Kier alpha value is -1.43. The zero-order valence-electron chi connectivity index (χ0n) is 7.56. The van der Waals surface area contributed by atoms with Crippen LogP contribution in [0.4, 0.5) is 5.13 Å². The van der Waals surface area contributed by atoms with E-state index in [-0.39, 0.29) is 5.91 Å². The highest BCUT2D eigenvalue weighted by molar-refractivity contribution is 7.13. The van der Waals surface area contributed by atoms with Crippen LogP contribution in [-0.4, -0.2) is 16.8 Å². The molecule has 2 amide bonds. The third kappa shape index (κ3) is 3.14. The minimum Gasteiger partial charge on any atom is -0.369 e. The van der Waals surface area contributed by atoms with E-state index in [2.05, 4.69) is 10.3 Å². The third-order valence-electron chi connectivity index (χ3n) is 1.51. The van der Waals surface area contributed by atoms with Crippen molar-refractivity contribution in [3.63, 3.8) is 0 Å². The molecule has 1 aromatic rings. The van der Waals surface area contributed by atoms with Gasteiger partial charge in [0.25, 0.3) is 0 Å². The molecule has 0 spiro atoms. The van der Waals surface area contributed by atoms with Crippen molar-refractivity contribution in [2.75, 3.05) is 5.32 Å². The summed E-state index contributed by atoms with van der Waals surface area (Å²) in [4.78, 5) is 25.7. The smallest absolute Gasteiger partial charge is 0.230 e. The van der Waals surface area contributed by atoms with E-state index in [0.717, 1.165) is 0 Å². The van der Waals surface area contributed by atoms with Gasteiger partial charge in [-0.15, -0.1) is 11.3 Å². The molecular weight excluding hydrogens is 202 g/mol. The van der Waals surface area contributed by atoms with E-state index in [4.69, 9.17) is 5.73 Å². The number of amides is 2. The summed E-state index contributed by atoms with van der Waals surface area (Å²) in [6.45, 7) is 1.56. The zero-order chi connectivity index (χ0) is 10.6. The highest BCUT2D eigenvalue weighted by Crippen LogP contribution is 2.11. The molecule has 1 rings (SSSR count). The summed E-state index contributed by atoms with van der Waals surface area (Å²) < 4.78 is 0. The molecule has 0 aliphatic rings. The molecule has 0 aliphatic carbocycles. The maximum absolute atomic E-state index is 11.2. The Labute approximate surface area is 85.3 Å². The minimum atomic E-state index is -0.574. The second kappa shape index (κ2) is 4.71. The van der Waals surface area contributed by atoms with Crippen LogP contribution in [0.2, 0.25) is 0 Å². The molecule has 0 aliphatic heterocycles. The maximum atomic E-state index is 11.2. The van der Waals surface area contributed by atoms with Crippen molar-refractivity contribution in [1.29, 1.82) is 0 Å². The molecule has 75 valence electrons. The lowest BCUT2D eigenvalue weighted by molar-refractivity contribution is -0.122. The van der Waals surface area contributed by atoms with Gasteiger partial charge in [-0.3, -0.25) is 9.59 Å². The van der Waals surface area contributed by atoms with Crippen LogP contribution in [0.3, 0.4) is 0 Å². The molecule has 3 N–H and O–H groups in total. The Morgan fingerprint density at radius 1 is 1.71 bits per heavy atom. The number of nitrogens with zero attached hydrogens (tertiary/aromatic N) is 1. The number of anilines is 1. The number of carbonyl (C=O) groups is 2. The summed E-state index contributed by atoms with van der Waals surface area (Å²) >= 11 is 1.31. The topological polar surface area (TPSA) is 85.1 Å². The van der Waals surface area contributed by atoms with Gasteiger partial charge in [0, 0.05) is 17.5 Å². The van der Waals surface area contributed by atoms with Crippen LogP contribution in [0.25, 0.3) is 0 Å². The van der Waals surface area contributed by atoms with Crippen LogP contribution in [0, 0.1) is 12.3 Å². The van der Waals surface area contributed by atoms with Crippen molar-refractivity contribution in [2.45, 2.75) is 6.92 Å². The summed E-state index contributed by atoms with van der Waals surface area (Å²) in [6, 6.07) is 0. The summed E-state index contributed by atoms with van der Waals surface area (Å²) in [7, 11) is 0. The molecule has 5 nitrogen and oxygen atoms in total. The number of primary amides is 1. The van der Waals surface area contributed by atoms with Crippen LogP contribution in [0.1, 0.15) is 6.92 Å². The van der Waals surface area contributed by atoms with E-state index in [1.54, 1.807) is 18.5 Å². The largest absolute Gasteiger partial charge is 0.369 e. The molecule has 0 saturated carbocycles. The predicted molar refractivity (Wildman–Crippen MR) is 53.4 cm³/mol. The van der Waals surface area contributed by atoms with Crippen molar-refractivity contribution in [3.8, 4) is 0 Å². The molecular formula is C8H10N3O2S. The molecule has 1 aromatic heterocycles. The average Bonchev–Trinajstić information content (AvgIpc) is 2.56. The van der Waals surface area contributed by atoms with Gasteiger partial charge in [-0.05, 0) is 0 Å². The molecule has 0 bridgehead atoms. The van der Waals surface area contributed by atoms with E-state index in [1.807, 2.05) is 0 Å². The summed E-state index contributed by atoms with van der Waals surface area (Å²) in [5, 5.41) is 4.76. The Balaban J connectivity index is 2.40. The highest BCUT2D eigenvalue weighted by Gasteiger charge is 2.14. The number of rotatable bonds is 4. The second-order valence-corrected chi connectivity index (χ2v) is 3.58. The Kier molecular flexibility index (Phi) is 3.58. The molecule has 0 aromatic carbocycles. The summed E-state index contributed by atoms with van der Waals surface area (Å²) in [5.41, 5.74) is 4.99. The Morgan fingerprint density at radius 2 is 2.43 bits per heavy atom. The fraction of sp³-hybridized carbons (Fsp3) is 0.250. The average molecular weight is 212 g/mol. The van der Waals surface area contributed by atoms with Crippen molar-refractivity contribution in [1.82, 2.24) is 4.98 Å². The fourth-order valence-corrected chi connectivity index (χ4v) is 1.27. The van der Waals surface area contributed by atoms with E-state index < -0.39 is 11.8 Å². The SMILES string of the molecule is CC([CH]C(=O)Nc1nccs1)C(N)=O. The Bertz CT molecular complexity index is 323. The number of aromatic nitrogens is 1. The van der Waals surface area contributed by atoms with Crippen molar-refractivity contribution in [3.05, 3.63) is 18.0 Å². The van der Waals surface area contributed by atoms with Gasteiger partial charge in [0.15, 0.2) is 5.13 Å². The van der Waals surface area contributed by atoms with Gasteiger partial charge in [-0.2, -0.15) is 0 Å². The third-order valence-corrected chi connectivity index (χ3v) is 2.20. The summed E-state index contributed by atoms with van der Waals surface area (Å²) in [5.74, 6) is -1.47. The number of nitrogens with one attached hydrogen (secondary N) is 1. The first-order valence-electron chi connectivity index (χ1n) is 3.94. The molecule has 14 heavy (non-hydrogen) atoms. The standard InChI is InChI=1S/C8H10N3O2S/c1-5(7(9)13)4-6(12)11-8-10-2-3-14-8/h2-5H,1H3,(H2,9,13)(H,10,11,12). The van der Waals surface area contributed by atoms with E-state index >= 15 is 0 Å². The lowest BCUT2D eigenvalue weighted by Crippen LogP contribution is -2.26. The molecule has 1 radical (unpaired) electrons. The van der Waals surface area contributed by atoms with E-state index in [1.165, 1.54) is 17.8 Å². The first-order chi connectivity index (χ1) is 6.59. The van der Waals surface area contributed by atoms with Gasteiger partial charge < -0.3 is 11.1 Å². The van der Waals surface area contributed by atoms with Gasteiger partial charge in [0.2, 0.25) is 11.8 Å². The fourth-order valence-electron chi connectivity index (χ4n) is 0.741. The quantitative estimate of drug-likeness (QED) is 0.757.